The van der Waals surface area contributed by atoms with Crippen molar-refractivity contribution in [1.29, 1.82) is 0 Å². The van der Waals surface area contributed by atoms with Gasteiger partial charge in [0.25, 0.3) is 0 Å². The zero-order valence-electron chi connectivity index (χ0n) is 21.9. The van der Waals surface area contributed by atoms with Gasteiger partial charge < -0.3 is 4.90 Å². The fourth-order valence-electron chi connectivity index (χ4n) is 5.61. The number of benzene rings is 6. The van der Waals surface area contributed by atoms with Gasteiger partial charge in [0, 0.05) is 36.9 Å². The van der Waals surface area contributed by atoms with Gasteiger partial charge in [0.1, 0.15) is 0 Å². The number of rotatable bonds is 4. The number of thiophene rings is 1. The normalized spacial score (nSPS) is 12.1. The number of hydrogen-bond acceptors (Lipinski definition) is 2. The van der Waals surface area contributed by atoms with Crippen molar-refractivity contribution >= 4 is 83.4 Å². The first-order valence-corrected chi connectivity index (χ1v) is 17.5. The summed E-state index contributed by atoms with van der Waals surface area (Å²) < 4.78 is 2.66. The molecular formula is C35H29NSSi. The second-order valence-corrected chi connectivity index (χ2v) is 17.2. The third-order valence-corrected chi connectivity index (χ3v) is 10.7. The second-order valence-electron chi connectivity index (χ2n) is 11.1. The third kappa shape index (κ3) is 3.82. The van der Waals surface area contributed by atoms with Crippen molar-refractivity contribution < 1.29 is 0 Å². The van der Waals surface area contributed by atoms with Gasteiger partial charge in [0.05, 0.1) is 13.8 Å². The van der Waals surface area contributed by atoms with Crippen LogP contribution in [0.25, 0.3) is 41.7 Å². The zero-order chi connectivity index (χ0) is 25.9. The zero-order valence-corrected chi connectivity index (χ0v) is 23.7. The summed E-state index contributed by atoms with van der Waals surface area (Å²) in [5.74, 6) is 0. The Morgan fingerprint density at radius 1 is 0.526 bits per heavy atom. The van der Waals surface area contributed by atoms with Crippen LogP contribution in [-0.4, -0.2) is 8.07 Å². The average Bonchev–Trinajstić information content (AvgIpc) is 3.29. The molecule has 3 heteroatoms. The van der Waals surface area contributed by atoms with Gasteiger partial charge in [0.15, 0.2) is 0 Å². The Morgan fingerprint density at radius 3 is 1.84 bits per heavy atom. The van der Waals surface area contributed by atoms with Crippen molar-refractivity contribution in [3.63, 3.8) is 0 Å². The largest absolute Gasteiger partial charge is 0.310 e. The maximum Gasteiger partial charge on any atom is 0.0775 e. The quantitative estimate of drug-likeness (QED) is 0.207. The summed E-state index contributed by atoms with van der Waals surface area (Å²) in [6.07, 6.45) is 0. The Kier molecular flexibility index (Phi) is 5.39. The summed E-state index contributed by atoms with van der Waals surface area (Å²) in [7, 11) is -1.39. The number of para-hydroxylation sites is 1. The van der Waals surface area contributed by atoms with Gasteiger partial charge >= 0.3 is 0 Å². The SMILES string of the molecule is C[Si](C)(C)c1ccc(N(c2ccccc2)c2cc3sc4cc5ccccc5cc4c3c3ccccc23)cc1. The summed E-state index contributed by atoms with van der Waals surface area (Å²) in [4.78, 5) is 2.43. The molecule has 1 heterocycles. The van der Waals surface area contributed by atoms with E-state index in [0.717, 1.165) is 0 Å². The molecule has 184 valence electrons. The molecule has 0 unspecified atom stereocenters. The molecule has 0 aliphatic rings. The predicted octanol–water partition coefficient (Wildman–Crippen LogP) is 10.4. The maximum atomic E-state index is 2.43. The number of nitrogens with zero attached hydrogens (tertiary/aromatic N) is 1. The standard InChI is InChI=1S/C35H29NSSi/c1-38(2,3)28-19-17-27(18-20-28)36(26-13-5-4-6-14-26)32-23-34-35(30-16-10-9-15-29(30)32)31-21-24-11-7-8-12-25(24)22-33(31)37-34/h4-23H,1-3H3. The molecule has 1 aromatic heterocycles. The lowest BCUT2D eigenvalue weighted by molar-refractivity contribution is 1.30. The summed E-state index contributed by atoms with van der Waals surface area (Å²) in [5, 5.41) is 9.35. The van der Waals surface area contributed by atoms with Gasteiger partial charge in [0.2, 0.25) is 0 Å². The summed E-state index contributed by atoms with van der Waals surface area (Å²) in [6.45, 7) is 7.22. The van der Waals surface area contributed by atoms with Gasteiger partial charge in [-0.05, 0) is 58.6 Å². The van der Waals surface area contributed by atoms with Crippen LogP contribution in [0.1, 0.15) is 0 Å². The molecule has 0 atom stereocenters. The van der Waals surface area contributed by atoms with E-state index in [1.807, 2.05) is 11.3 Å². The van der Waals surface area contributed by atoms with Crippen molar-refractivity contribution in [3.8, 4) is 0 Å². The topological polar surface area (TPSA) is 3.24 Å². The molecule has 0 spiro atoms. The molecule has 38 heavy (non-hydrogen) atoms. The number of anilines is 3. The summed E-state index contributed by atoms with van der Waals surface area (Å²) in [5.41, 5.74) is 3.58. The fourth-order valence-corrected chi connectivity index (χ4v) is 7.96. The van der Waals surface area contributed by atoms with Gasteiger partial charge in [-0.1, -0.05) is 104 Å². The molecule has 7 rings (SSSR count). The number of fused-ring (bicyclic) bond motifs is 6. The van der Waals surface area contributed by atoms with E-state index in [1.165, 1.54) is 64.0 Å². The van der Waals surface area contributed by atoms with Crippen molar-refractivity contribution in [2.24, 2.45) is 0 Å². The van der Waals surface area contributed by atoms with Crippen LogP contribution in [0, 0.1) is 0 Å². The first-order chi connectivity index (χ1) is 18.5. The van der Waals surface area contributed by atoms with Crippen molar-refractivity contribution in [2.45, 2.75) is 19.6 Å². The van der Waals surface area contributed by atoms with Crippen LogP contribution >= 0.6 is 11.3 Å². The Labute approximate surface area is 228 Å². The van der Waals surface area contributed by atoms with Gasteiger partial charge in [-0.25, -0.2) is 0 Å². The van der Waals surface area contributed by atoms with Gasteiger partial charge in [-0.2, -0.15) is 0 Å². The van der Waals surface area contributed by atoms with Gasteiger partial charge in [-0.15, -0.1) is 11.3 Å². The van der Waals surface area contributed by atoms with Crippen LogP contribution in [0.3, 0.4) is 0 Å². The van der Waals surface area contributed by atoms with Crippen LogP contribution in [0.15, 0.2) is 121 Å². The Hall–Kier alpha value is -3.92. The first-order valence-electron chi connectivity index (χ1n) is 13.2. The molecule has 0 N–H and O–H groups in total. The Balaban J connectivity index is 1.53. The molecular weight excluding hydrogens is 495 g/mol. The van der Waals surface area contributed by atoms with E-state index >= 15 is 0 Å². The van der Waals surface area contributed by atoms with E-state index < -0.39 is 8.07 Å². The molecule has 0 saturated heterocycles. The molecule has 0 aliphatic carbocycles. The molecule has 0 amide bonds. The summed E-state index contributed by atoms with van der Waals surface area (Å²) >= 11 is 1.90. The predicted molar refractivity (Wildman–Crippen MR) is 172 cm³/mol. The minimum Gasteiger partial charge on any atom is -0.310 e. The molecule has 7 aromatic rings. The lowest BCUT2D eigenvalue weighted by Crippen LogP contribution is -2.37. The minimum atomic E-state index is -1.39. The van der Waals surface area contributed by atoms with Gasteiger partial charge in [-0.3, -0.25) is 0 Å². The molecule has 0 fully saturated rings. The van der Waals surface area contributed by atoms with E-state index in [2.05, 4.69) is 146 Å². The summed E-state index contributed by atoms with van der Waals surface area (Å²) in [6, 6.07) is 44.8. The van der Waals surface area contributed by atoms with E-state index in [9.17, 15) is 0 Å². The molecule has 0 aliphatic heterocycles. The Bertz CT molecular complexity index is 1950. The van der Waals surface area contributed by atoms with Crippen molar-refractivity contribution in [2.75, 3.05) is 4.90 Å². The smallest absolute Gasteiger partial charge is 0.0775 e. The highest BCUT2D eigenvalue weighted by atomic mass is 32.1. The average molecular weight is 524 g/mol. The van der Waals surface area contributed by atoms with Crippen LogP contribution < -0.4 is 10.1 Å². The molecule has 0 saturated carbocycles. The molecule has 0 bridgehead atoms. The highest BCUT2D eigenvalue weighted by Gasteiger charge is 2.21. The lowest BCUT2D eigenvalue weighted by atomic mass is 9.99. The first kappa shape index (κ1) is 23.2. The van der Waals surface area contributed by atoms with E-state index in [-0.39, 0.29) is 0 Å². The molecule has 6 aromatic carbocycles. The fraction of sp³-hybridized carbons (Fsp3) is 0.0857. The highest BCUT2D eigenvalue weighted by molar-refractivity contribution is 7.26. The van der Waals surface area contributed by atoms with Crippen molar-refractivity contribution in [3.05, 3.63) is 121 Å². The highest BCUT2D eigenvalue weighted by Crippen LogP contribution is 2.46. The maximum absolute atomic E-state index is 2.43. The lowest BCUT2D eigenvalue weighted by Gasteiger charge is -2.28. The third-order valence-electron chi connectivity index (χ3n) is 7.57. The van der Waals surface area contributed by atoms with E-state index in [1.54, 1.807) is 0 Å². The second kappa shape index (κ2) is 8.83. The monoisotopic (exact) mass is 523 g/mol. The van der Waals surface area contributed by atoms with Crippen LogP contribution in [-0.2, 0) is 0 Å². The minimum absolute atomic E-state index is 1.17. The Morgan fingerprint density at radius 2 is 1.13 bits per heavy atom. The van der Waals surface area contributed by atoms with Crippen LogP contribution in [0.5, 0.6) is 0 Å². The van der Waals surface area contributed by atoms with E-state index in [0.29, 0.717) is 0 Å². The molecule has 0 radical (unpaired) electrons. The van der Waals surface area contributed by atoms with E-state index in [4.69, 9.17) is 0 Å². The molecule has 1 nitrogen and oxygen atoms in total. The van der Waals surface area contributed by atoms with Crippen molar-refractivity contribution in [1.82, 2.24) is 0 Å². The van der Waals surface area contributed by atoms with Crippen LogP contribution in [0.4, 0.5) is 17.1 Å². The number of hydrogen-bond donors (Lipinski definition) is 0. The van der Waals surface area contributed by atoms with Crippen LogP contribution in [0.2, 0.25) is 19.6 Å².